The highest BCUT2D eigenvalue weighted by atomic mass is 32.1. The van der Waals surface area contributed by atoms with Crippen LogP contribution < -0.4 is 15.4 Å². The van der Waals surface area contributed by atoms with Crippen LogP contribution in [0.5, 0.6) is 17.2 Å². The molecular weight excluding hydrogens is 673 g/mol. The molecule has 1 atom stereocenters. The Balaban J connectivity index is 1.09. The topological polar surface area (TPSA) is 128 Å². The number of ether oxygens (including phenoxy) is 1. The van der Waals surface area contributed by atoms with E-state index in [1.54, 1.807) is 42.5 Å². The van der Waals surface area contributed by atoms with E-state index in [0.717, 1.165) is 14.9 Å². The Kier molecular flexibility index (Phi) is 11.6. The van der Waals surface area contributed by atoms with Crippen LogP contribution in [0.3, 0.4) is 0 Å². The first-order chi connectivity index (χ1) is 24.2. The summed E-state index contributed by atoms with van der Waals surface area (Å²) in [6.45, 7) is 7.80. The van der Waals surface area contributed by atoms with Crippen molar-refractivity contribution in [2.45, 2.75) is 51.3 Å². The van der Waals surface area contributed by atoms with Crippen molar-refractivity contribution in [1.29, 1.82) is 0 Å². The van der Waals surface area contributed by atoms with Crippen LogP contribution in [0.1, 0.15) is 57.0 Å². The number of aliphatic hydroxyl groups excluding tert-OH is 1. The second-order valence-corrected chi connectivity index (χ2v) is 14.5. The first-order valence-electron chi connectivity index (χ1n) is 16.4. The highest BCUT2D eigenvalue weighted by Crippen LogP contribution is 2.30. The number of thiophene rings is 1. The van der Waals surface area contributed by atoms with Gasteiger partial charge in [0.05, 0.1) is 23.2 Å². The molecule has 0 fully saturated rings. The molecule has 2 aromatic carbocycles. The minimum absolute atomic E-state index is 0.171. The second-order valence-electron chi connectivity index (χ2n) is 13.5. The Bertz CT molecular complexity index is 1950. The van der Waals surface area contributed by atoms with Crippen molar-refractivity contribution in [3.05, 3.63) is 113 Å². The van der Waals surface area contributed by atoms with Gasteiger partial charge in [-0.25, -0.2) is 4.99 Å². The van der Waals surface area contributed by atoms with Crippen molar-refractivity contribution >= 4 is 42.5 Å². The van der Waals surface area contributed by atoms with Crippen LogP contribution in [0.2, 0.25) is 0 Å². The maximum atomic E-state index is 13.9. The fraction of sp³-hybridized carbons (Fsp3) is 0.263. The van der Waals surface area contributed by atoms with Gasteiger partial charge < -0.3 is 35.2 Å². The van der Waals surface area contributed by atoms with Crippen molar-refractivity contribution < 1.29 is 33.5 Å². The Labute approximate surface area is 300 Å². The number of phenols is 2. The average molecular weight is 715 g/mol. The quantitative estimate of drug-likeness (QED) is 0.0653. The first kappa shape index (κ1) is 37.3. The average Bonchev–Trinajstić information content (AvgIpc) is 3.85. The number of aliphatic imine (C=N–C) groups is 1. The maximum absolute atomic E-state index is 13.9. The molecule has 0 spiro atoms. The van der Waals surface area contributed by atoms with E-state index in [1.165, 1.54) is 23.5 Å². The minimum Gasteiger partial charge on any atom is -0.504 e. The zero-order valence-electron chi connectivity index (χ0n) is 28.8. The van der Waals surface area contributed by atoms with E-state index in [4.69, 9.17) is 4.74 Å². The number of aromatic nitrogens is 1. The summed E-state index contributed by atoms with van der Waals surface area (Å²) < 4.78 is 34.6. The van der Waals surface area contributed by atoms with Crippen molar-refractivity contribution in [3.63, 3.8) is 0 Å². The molecule has 0 unspecified atom stereocenters. The number of rotatable bonds is 15. The van der Waals surface area contributed by atoms with E-state index >= 15 is 0 Å². The molecule has 0 radical (unpaired) electrons. The minimum atomic E-state index is -2.68. The van der Waals surface area contributed by atoms with Crippen molar-refractivity contribution in [3.8, 4) is 27.8 Å². The molecule has 13 heteroatoms. The molecule has 51 heavy (non-hydrogen) atoms. The number of benzene rings is 2. The summed E-state index contributed by atoms with van der Waals surface area (Å²) >= 11 is 1.41. The number of aromatic hydroxyl groups is 2. The summed E-state index contributed by atoms with van der Waals surface area (Å²) in [7, 11) is -2.68. The summed E-state index contributed by atoms with van der Waals surface area (Å²) in [6.07, 6.45) is 8.59. The highest BCUT2D eigenvalue weighted by Gasteiger charge is 2.30. The molecule has 0 saturated heterocycles. The molecule has 9 nitrogen and oxygen atoms in total. The van der Waals surface area contributed by atoms with Gasteiger partial charge in [0, 0.05) is 28.2 Å². The van der Waals surface area contributed by atoms with Gasteiger partial charge in [-0.05, 0) is 117 Å². The Morgan fingerprint density at radius 1 is 1.00 bits per heavy atom. The smallest absolute Gasteiger partial charge is 0.504 e. The number of allylic oxidation sites excluding steroid dienone is 3. The Morgan fingerprint density at radius 2 is 1.76 bits per heavy atom. The number of phenolic OH excluding ortho intramolecular Hbond substituents is 2. The van der Waals surface area contributed by atoms with Crippen LogP contribution in [0.25, 0.3) is 22.7 Å². The van der Waals surface area contributed by atoms with Gasteiger partial charge in [-0.2, -0.15) is 0 Å². The summed E-state index contributed by atoms with van der Waals surface area (Å²) in [5.41, 5.74) is 2.39. The lowest BCUT2D eigenvalue weighted by molar-refractivity contribution is -0.124. The predicted octanol–water partition coefficient (Wildman–Crippen LogP) is 7.23. The predicted molar refractivity (Wildman–Crippen MR) is 200 cm³/mol. The molecule has 5 N–H and O–H groups in total. The standard InChI is InChI=1S/C38H41BF2N4O5S/c1-37(2,42-22-34(48)26-10-18-32(46)33(47)20-26)24-38(3,4)44-36(49)23-50-30-15-8-25(9-16-30)7-11-27-12-13-28(43-27)21-29-14-17-31(45(29)39(40)41)35-6-5-19-51-35/h5-21,34,42,46-48H,22-24H2,1-4H3,(H,44,49)/b11-7+,28-21-/t34-/m0/s1. The molecule has 1 aliphatic rings. The van der Waals surface area contributed by atoms with Crippen LogP contribution in [0.15, 0.2) is 101 Å². The lowest BCUT2D eigenvalue weighted by Gasteiger charge is -2.37. The third kappa shape index (κ3) is 10.3. The summed E-state index contributed by atoms with van der Waals surface area (Å²) in [6, 6.07) is 18.5. The number of aliphatic hydroxyl groups is 1. The van der Waals surface area contributed by atoms with E-state index in [0.29, 0.717) is 40.5 Å². The molecule has 1 amide bonds. The molecule has 1 aliphatic heterocycles. The molecule has 2 aromatic heterocycles. The van der Waals surface area contributed by atoms with Gasteiger partial charge in [0.2, 0.25) is 0 Å². The van der Waals surface area contributed by atoms with Gasteiger partial charge in [-0.15, -0.1) is 11.3 Å². The number of nitrogens with one attached hydrogen (secondary N) is 2. The maximum Gasteiger partial charge on any atom is 0.678 e. The zero-order chi connectivity index (χ0) is 36.8. The summed E-state index contributed by atoms with van der Waals surface area (Å²) in [5, 5.41) is 38.0. The van der Waals surface area contributed by atoms with Crippen LogP contribution in [0.4, 0.5) is 8.63 Å². The van der Waals surface area contributed by atoms with Gasteiger partial charge in [-0.3, -0.25) is 13.4 Å². The van der Waals surface area contributed by atoms with Crippen molar-refractivity contribution in [2.75, 3.05) is 13.2 Å². The molecular formula is C38H41BF2N4O5S. The SMILES string of the molecule is CC(C)(CC(C)(C)NC(=O)COc1ccc(/C=C/C2=NC(=C\c3ccc(-c4cccs4)n3B(F)F)/C=C2)cc1)NC[C@H](O)c1ccc(O)c(O)c1. The Hall–Kier alpha value is -4.98. The second kappa shape index (κ2) is 15.9. The molecule has 4 aromatic rings. The fourth-order valence-electron chi connectivity index (χ4n) is 6.01. The molecule has 266 valence electrons. The van der Waals surface area contributed by atoms with E-state index in [1.807, 2.05) is 75.6 Å². The van der Waals surface area contributed by atoms with Gasteiger partial charge in [-0.1, -0.05) is 30.3 Å². The number of β-amino-alcohol motifs (C(OH)–C–C–N with tert-alkyl or cyclic N) is 1. The molecule has 0 aliphatic carbocycles. The van der Waals surface area contributed by atoms with Crippen LogP contribution >= 0.6 is 11.3 Å². The lowest BCUT2D eigenvalue weighted by Crippen LogP contribution is -2.53. The molecule has 5 rings (SSSR count). The number of amides is 1. The first-order valence-corrected chi connectivity index (χ1v) is 17.2. The van der Waals surface area contributed by atoms with E-state index < -0.39 is 24.6 Å². The lowest BCUT2D eigenvalue weighted by atomic mass is 9.86. The number of carbonyl (C=O) groups is 1. The number of carbonyl (C=O) groups excluding carboxylic acids is 1. The molecule has 0 saturated carbocycles. The van der Waals surface area contributed by atoms with Crippen LogP contribution in [0, 0.1) is 0 Å². The van der Waals surface area contributed by atoms with E-state index in [9.17, 15) is 28.7 Å². The summed E-state index contributed by atoms with van der Waals surface area (Å²) in [5.74, 6) is -0.298. The van der Waals surface area contributed by atoms with Gasteiger partial charge in [0.15, 0.2) is 18.1 Å². The third-order valence-electron chi connectivity index (χ3n) is 8.11. The van der Waals surface area contributed by atoms with Gasteiger partial charge in [0.25, 0.3) is 5.91 Å². The number of nitrogens with zero attached hydrogens (tertiary/aromatic N) is 2. The van der Waals surface area contributed by atoms with E-state index in [2.05, 4.69) is 15.6 Å². The number of hydrogen-bond donors (Lipinski definition) is 5. The third-order valence-corrected chi connectivity index (χ3v) is 9.01. The highest BCUT2D eigenvalue weighted by molar-refractivity contribution is 7.13. The Morgan fingerprint density at radius 3 is 2.45 bits per heavy atom. The van der Waals surface area contributed by atoms with Crippen molar-refractivity contribution in [2.24, 2.45) is 4.99 Å². The molecule has 3 heterocycles. The normalized spacial score (nSPS) is 14.6. The number of hydrogen-bond acceptors (Lipinski definition) is 8. The van der Waals surface area contributed by atoms with Crippen LogP contribution in [-0.2, 0) is 4.79 Å². The number of halogens is 2. The zero-order valence-corrected chi connectivity index (χ0v) is 29.6. The van der Waals surface area contributed by atoms with Gasteiger partial charge >= 0.3 is 7.40 Å². The largest absolute Gasteiger partial charge is 0.678 e. The van der Waals surface area contributed by atoms with Gasteiger partial charge in [0.1, 0.15) is 5.75 Å². The fourth-order valence-corrected chi connectivity index (χ4v) is 6.76. The van der Waals surface area contributed by atoms with Crippen LogP contribution in [-0.4, -0.2) is 63.0 Å². The van der Waals surface area contributed by atoms with E-state index in [-0.39, 0.29) is 30.6 Å². The molecule has 0 bridgehead atoms. The van der Waals surface area contributed by atoms with Crippen molar-refractivity contribution in [1.82, 2.24) is 15.1 Å². The summed E-state index contributed by atoms with van der Waals surface area (Å²) in [4.78, 5) is 18.1. The monoisotopic (exact) mass is 714 g/mol.